The Morgan fingerprint density at radius 3 is 2.29 bits per heavy atom. The Labute approximate surface area is 128 Å². The van der Waals surface area contributed by atoms with Gasteiger partial charge in [-0.25, -0.2) is 0 Å². The molecule has 0 radical (unpaired) electrons. The molecule has 21 heavy (non-hydrogen) atoms. The minimum Gasteiger partial charge on any atom is -0.402 e. The molecule has 0 aromatic heterocycles. The van der Waals surface area contributed by atoms with E-state index in [1.165, 1.54) is 45.6 Å². The van der Waals surface area contributed by atoms with E-state index >= 15 is 0 Å². The molecule has 7 heteroatoms. The third kappa shape index (κ3) is 9.35. The fraction of sp³-hybridized carbons (Fsp3) is 0.786. The fourth-order valence-electron chi connectivity index (χ4n) is 2.12. The molecule has 1 rings (SSSR count). The molecule has 0 aromatic rings. The highest BCUT2D eigenvalue weighted by Gasteiger charge is 2.22. The number of unbranched alkanes of at least 4 members (excludes halogenated alkanes) is 5. The van der Waals surface area contributed by atoms with Crippen LogP contribution in [0.1, 0.15) is 51.9 Å². The summed E-state index contributed by atoms with van der Waals surface area (Å²) < 4.78 is 3.86. The van der Waals surface area contributed by atoms with E-state index < -0.39 is 7.32 Å². The topological polar surface area (TPSA) is 80.0 Å². The highest BCUT2D eigenvalue weighted by molar-refractivity contribution is 6.32. The first-order chi connectivity index (χ1) is 10.1. The van der Waals surface area contributed by atoms with Gasteiger partial charge in [-0.3, -0.25) is 4.90 Å². The van der Waals surface area contributed by atoms with Crippen LogP contribution in [0.4, 0.5) is 0 Å². The first kappa shape index (κ1) is 19.8. The van der Waals surface area contributed by atoms with Crippen molar-refractivity contribution in [2.75, 3.05) is 14.2 Å². The van der Waals surface area contributed by atoms with Gasteiger partial charge in [-0.05, 0) is 12.8 Å². The Hall–Kier alpha value is -1.23. The maximum atomic E-state index is 8.92. The van der Waals surface area contributed by atoms with Gasteiger partial charge in [0.15, 0.2) is 6.19 Å². The Balaban J connectivity index is 0.000000690. The molecule has 0 fully saturated rings. The van der Waals surface area contributed by atoms with Gasteiger partial charge < -0.3 is 19.6 Å². The maximum Gasteiger partial charge on any atom is 0.633 e. The van der Waals surface area contributed by atoms with Gasteiger partial charge in [0.25, 0.3) is 0 Å². The van der Waals surface area contributed by atoms with Gasteiger partial charge >= 0.3 is 7.32 Å². The Bertz CT molecular complexity index is 321. The summed E-state index contributed by atoms with van der Waals surface area (Å²) in [7, 11) is 1.62. The van der Waals surface area contributed by atoms with Crippen LogP contribution >= 0.6 is 0 Å². The van der Waals surface area contributed by atoms with Crippen molar-refractivity contribution in [2.24, 2.45) is 0 Å². The maximum absolute atomic E-state index is 8.92. The monoisotopic (exact) mass is 297 g/mol. The lowest BCUT2D eigenvalue weighted by Crippen LogP contribution is -2.33. The summed E-state index contributed by atoms with van der Waals surface area (Å²) in [6, 6.07) is 0. The van der Waals surface area contributed by atoms with Gasteiger partial charge in [-0.1, -0.05) is 39.0 Å². The van der Waals surface area contributed by atoms with Crippen molar-refractivity contribution >= 4 is 7.32 Å². The number of rotatable bonds is 8. The van der Waals surface area contributed by atoms with Crippen LogP contribution in [0.5, 0.6) is 0 Å². The van der Waals surface area contributed by atoms with E-state index in [1.54, 1.807) is 4.90 Å². The molecule has 1 aliphatic heterocycles. The summed E-state index contributed by atoms with van der Waals surface area (Å²) in [6.45, 7) is 2.24. The molecule has 1 unspecified atom stereocenters. The molecule has 1 atom stereocenters. The number of hydrogen-bond donors (Lipinski definition) is 2. The fourth-order valence-corrected chi connectivity index (χ4v) is 2.12. The Kier molecular flexibility index (Phi) is 11.8. The quantitative estimate of drug-likeness (QED) is 0.404. The zero-order chi connectivity index (χ0) is 16.1. The van der Waals surface area contributed by atoms with Crippen molar-refractivity contribution in [3.63, 3.8) is 0 Å². The Morgan fingerprint density at radius 1 is 1.19 bits per heavy atom. The van der Waals surface area contributed by atoms with Crippen LogP contribution in [0.15, 0.2) is 12.4 Å². The molecule has 2 N–H and O–H groups in total. The standard InChI is InChI=1S/C13H23N3.CH5BO3/c1-3-4-5-6-7-8-9-13-15(2)10-11-16(13)12-14;1-5-2(3)4/h10-11,13H,3-9H2,1-2H3;3-4H,1H3. The number of nitrogens with zero attached hydrogens (tertiary/aromatic N) is 3. The summed E-state index contributed by atoms with van der Waals surface area (Å²) >= 11 is 0. The minimum absolute atomic E-state index is 0.260. The van der Waals surface area contributed by atoms with Gasteiger partial charge in [0.05, 0.1) is 0 Å². The highest BCUT2D eigenvalue weighted by atomic mass is 16.6. The first-order valence-electron chi connectivity index (χ1n) is 7.54. The van der Waals surface area contributed by atoms with Crippen LogP contribution in [0.2, 0.25) is 0 Å². The smallest absolute Gasteiger partial charge is 0.402 e. The van der Waals surface area contributed by atoms with Crippen LogP contribution < -0.4 is 0 Å². The van der Waals surface area contributed by atoms with Crippen molar-refractivity contribution < 1.29 is 14.7 Å². The van der Waals surface area contributed by atoms with E-state index in [4.69, 9.17) is 15.3 Å². The summed E-state index contributed by atoms with van der Waals surface area (Å²) in [4.78, 5) is 3.86. The van der Waals surface area contributed by atoms with Gasteiger partial charge in [-0.2, -0.15) is 5.26 Å². The first-order valence-corrected chi connectivity index (χ1v) is 7.54. The van der Waals surface area contributed by atoms with Crippen LogP contribution in [0, 0.1) is 11.5 Å². The third-order valence-corrected chi connectivity index (χ3v) is 3.40. The predicted octanol–water partition coefficient (Wildman–Crippen LogP) is 1.87. The van der Waals surface area contributed by atoms with Gasteiger partial charge in [0.1, 0.15) is 6.17 Å². The minimum atomic E-state index is -1.62. The molecule has 0 amide bonds. The second kappa shape index (κ2) is 12.5. The lowest BCUT2D eigenvalue weighted by molar-refractivity contribution is 0.212. The summed E-state index contributed by atoms with van der Waals surface area (Å²) in [5, 5.41) is 24.3. The van der Waals surface area contributed by atoms with Crippen LogP contribution in [0.25, 0.3) is 0 Å². The molecule has 0 spiro atoms. The molecule has 0 aromatic carbocycles. The molecule has 0 saturated heterocycles. The van der Waals surface area contributed by atoms with Crippen LogP contribution in [0.3, 0.4) is 0 Å². The number of hydrogen-bond acceptors (Lipinski definition) is 6. The summed E-state index contributed by atoms with van der Waals surface area (Å²) in [5.74, 6) is 0. The second-order valence-corrected chi connectivity index (χ2v) is 5.07. The van der Waals surface area contributed by atoms with E-state index in [0.717, 1.165) is 6.42 Å². The molecule has 120 valence electrons. The van der Waals surface area contributed by atoms with Gasteiger partial charge in [0.2, 0.25) is 0 Å². The molecule has 1 aliphatic rings. The van der Waals surface area contributed by atoms with E-state index in [-0.39, 0.29) is 6.17 Å². The summed E-state index contributed by atoms with van der Waals surface area (Å²) in [6.07, 6.45) is 15.3. The van der Waals surface area contributed by atoms with Crippen molar-refractivity contribution in [1.82, 2.24) is 9.80 Å². The molecular formula is C14H28BN3O3. The lowest BCUT2D eigenvalue weighted by Gasteiger charge is -2.25. The molecule has 1 heterocycles. The average molecular weight is 297 g/mol. The van der Waals surface area contributed by atoms with Gasteiger partial charge in [0, 0.05) is 26.6 Å². The molecule has 6 nitrogen and oxygen atoms in total. The van der Waals surface area contributed by atoms with E-state index in [2.05, 4.69) is 22.7 Å². The molecule has 0 bridgehead atoms. The van der Waals surface area contributed by atoms with E-state index in [1.807, 2.05) is 19.4 Å². The highest BCUT2D eigenvalue weighted by Crippen LogP contribution is 2.19. The van der Waals surface area contributed by atoms with E-state index in [9.17, 15) is 0 Å². The van der Waals surface area contributed by atoms with Crippen molar-refractivity contribution in [3.8, 4) is 6.19 Å². The van der Waals surface area contributed by atoms with Gasteiger partial charge in [-0.15, -0.1) is 0 Å². The van der Waals surface area contributed by atoms with E-state index in [0.29, 0.717) is 0 Å². The molecular weight excluding hydrogens is 269 g/mol. The van der Waals surface area contributed by atoms with Crippen molar-refractivity contribution in [1.29, 1.82) is 5.26 Å². The third-order valence-electron chi connectivity index (χ3n) is 3.40. The second-order valence-electron chi connectivity index (χ2n) is 5.07. The average Bonchev–Trinajstić information content (AvgIpc) is 2.84. The number of nitriles is 1. The zero-order valence-electron chi connectivity index (χ0n) is 13.4. The lowest BCUT2D eigenvalue weighted by atomic mass is 10.1. The zero-order valence-corrected chi connectivity index (χ0v) is 13.4. The SMILES string of the molecule is CCCCCCCCC1N(C)C=CN1C#N.COB(O)O. The molecule has 0 saturated carbocycles. The van der Waals surface area contributed by atoms with Crippen molar-refractivity contribution in [3.05, 3.63) is 12.4 Å². The van der Waals surface area contributed by atoms with Crippen LogP contribution in [-0.2, 0) is 4.65 Å². The van der Waals surface area contributed by atoms with Crippen molar-refractivity contribution in [2.45, 2.75) is 58.0 Å². The Morgan fingerprint density at radius 2 is 1.76 bits per heavy atom. The van der Waals surface area contributed by atoms with Crippen LogP contribution in [-0.4, -0.2) is 47.5 Å². The molecule has 0 aliphatic carbocycles. The normalized spacial score (nSPS) is 16.5. The largest absolute Gasteiger partial charge is 0.633 e. The summed E-state index contributed by atoms with van der Waals surface area (Å²) in [5.41, 5.74) is 0. The predicted molar refractivity (Wildman–Crippen MR) is 83.3 cm³/mol.